The van der Waals surface area contributed by atoms with Crippen molar-refractivity contribution in [3.63, 3.8) is 0 Å². The Morgan fingerprint density at radius 2 is 2.22 bits per heavy atom. The van der Waals surface area contributed by atoms with Crippen LogP contribution in [0, 0.1) is 6.92 Å². The number of benzene rings is 1. The zero-order valence-electron chi connectivity index (χ0n) is 10.5. The van der Waals surface area contributed by atoms with E-state index < -0.39 is 0 Å². The van der Waals surface area contributed by atoms with Gasteiger partial charge in [0, 0.05) is 23.8 Å². The molecule has 0 amide bonds. The second-order valence-electron chi connectivity index (χ2n) is 4.63. The van der Waals surface area contributed by atoms with Gasteiger partial charge in [-0.1, -0.05) is 5.16 Å². The molecule has 0 aromatic heterocycles. The smallest absolute Gasteiger partial charge is 0.170 e. The number of aliphatic hydroxyl groups excluding tert-OH is 1. The first-order valence-electron chi connectivity index (χ1n) is 6.13. The molecule has 4 N–H and O–H groups in total. The standard InChI is InChI=1S/C13H19N3O2/c1-9-8-10(13(14)15-18)2-5-12(9)16(6-7-17)11-3-4-11/h2,5,8,11,17-18H,3-4,6-7H2,1H3,(H2,14,15). The molecule has 0 radical (unpaired) electrons. The molecule has 0 saturated heterocycles. The number of anilines is 1. The van der Waals surface area contributed by atoms with E-state index in [1.807, 2.05) is 25.1 Å². The van der Waals surface area contributed by atoms with Crippen LogP contribution in [0.5, 0.6) is 0 Å². The summed E-state index contributed by atoms with van der Waals surface area (Å²) in [6.07, 6.45) is 2.36. The Labute approximate surface area is 107 Å². The van der Waals surface area contributed by atoms with E-state index in [1.54, 1.807) is 0 Å². The second-order valence-corrected chi connectivity index (χ2v) is 4.63. The normalized spacial score (nSPS) is 15.8. The summed E-state index contributed by atoms with van der Waals surface area (Å²) < 4.78 is 0. The zero-order chi connectivity index (χ0) is 13.1. The summed E-state index contributed by atoms with van der Waals surface area (Å²) in [7, 11) is 0. The molecule has 0 atom stereocenters. The molecular formula is C13H19N3O2. The van der Waals surface area contributed by atoms with E-state index in [9.17, 15) is 0 Å². The first-order valence-corrected chi connectivity index (χ1v) is 6.13. The molecule has 1 fully saturated rings. The molecule has 0 heterocycles. The summed E-state index contributed by atoms with van der Waals surface area (Å²) >= 11 is 0. The molecule has 0 unspecified atom stereocenters. The van der Waals surface area contributed by atoms with E-state index in [1.165, 1.54) is 12.8 Å². The minimum Gasteiger partial charge on any atom is -0.409 e. The minimum atomic E-state index is 0.116. The lowest BCUT2D eigenvalue weighted by Gasteiger charge is -2.25. The van der Waals surface area contributed by atoms with Crippen molar-refractivity contribution in [1.82, 2.24) is 0 Å². The van der Waals surface area contributed by atoms with Gasteiger partial charge in [0.15, 0.2) is 5.84 Å². The van der Waals surface area contributed by atoms with Gasteiger partial charge >= 0.3 is 0 Å². The highest BCUT2D eigenvalue weighted by Crippen LogP contribution is 2.33. The van der Waals surface area contributed by atoms with Crippen molar-refractivity contribution < 1.29 is 10.3 Å². The van der Waals surface area contributed by atoms with Gasteiger partial charge in [-0.25, -0.2) is 0 Å². The molecular weight excluding hydrogens is 230 g/mol. The van der Waals surface area contributed by atoms with E-state index >= 15 is 0 Å². The van der Waals surface area contributed by atoms with Crippen LogP contribution in [0.25, 0.3) is 0 Å². The fraction of sp³-hybridized carbons (Fsp3) is 0.462. The number of rotatable bonds is 5. The fourth-order valence-corrected chi connectivity index (χ4v) is 2.19. The second kappa shape index (κ2) is 5.27. The Hall–Kier alpha value is -1.75. The third kappa shape index (κ3) is 2.56. The van der Waals surface area contributed by atoms with Crippen LogP contribution in [0.4, 0.5) is 5.69 Å². The summed E-state index contributed by atoms with van der Waals surface area (Å²) in [4.78, 5) is 2.23. The molecule has 1 aliphatic carbocycles. The van der Waals surface area contributed by atoms with Crippen LogP contribution in [-0.2, 0) is 0 Å². The maximum Gasteiger partial charge on any atom is 0.170 e. The van der Waals surface area contributed by atoms with Gasteiger partial charge in [-0.2, -0.15) is 0 Å². The summed E-state index contributed by atoms with van der Waals surface area (Å²) in [5.41, 5.74) is 8.45. The van der Waals surface area contributed by atoms with Gasteiger partial charge in [-0.3, -0.25) is 0 Å². The third-order valence-corrected chi connectivity index (χ3v) is 3.24. The highest BCUT2D eigenvalue weighted by atomic mass is 16.4. The maximum atomic E-state index is 9.13. The van der Waals surface area contributed by atoms with Crippen LogP contribution in [0.2, 0.25) is 0 Å². The highest BCUT2D eigenvalue weighted by Gasteiger charge is 2.29. The molecule has 5 nitrogen and oxygen atoms in total. The molecule has 18 heavy (non-hydrogen) atoms. The van der Waals surface area contributed by atoms with E-state index in [0.29, 0.717) is 18.2 Å². The maximum absolute atomic E-state index is 9.13. The lowest BCUT2D eigenvalue weighted by Crippen LogP contribution is -2.29. The number of hydrogen-bond donors (Lipinski definition) is 3. The van der Waals surface area contributed by atoms with Gasteiger partial charge < -0.3 is 20.9 Å². The zero-order valence-corrected chi connectivity index (χ0v) is 10.5. The number of oxime groups is 1. The summed E-state index contributed by atoms with van der Waals surface area (Å²) in [6.45, 7) is 2.79. The van der Waals surface area contributed by atoms with Crippen LogP contribution < -0.4 is 10.6 Å². The Morgan fingerprint density at radius 1 is 1.50 bits per heavy atom. The van der Waals surface area contributed by atoms with Gasteiger partial charge in [0.25, 0.3) is 0 Å². The van der Waals surface area contributed by atoms with Crippen LogP contribution in [0.15, 0.2) is 23.4 Å². The van der Waals surface area contributed by atoms with E-state index in [-0.39, 0.29) is 12.4 Å². The topological polar surface area (TPSA) is 82.1 Å². The van der Waals surface area contributed by atoms with Gasteiger partial charge in [0.05, 0.1) is 6.61 Å². The lowest BCUT2D eigenvalue weighted by atomic mass is 10.1. The van der Waals surface area contributed by atoms with Crippen molar-refractivity contribution in [2.45, 2.75) is 25.8 Å². The van der Waals surface area contributed by atoms with E-state index in [4.69, 9.17) is 16.0 Å². The molecule has 1 saturated carbocycles. The molecule has 1 aliphatic rings. The Morgan fingerprint density at radius 3 is 2.72 bits per heavy atom. The molecule has 2 rings (SSSR count). The van der Waals surface area contributed by atoms with E-state index in [2.05, 4.69) is 10.1 Å². The number of amidine groups is 1. The molecule has 1 aromatic carbocycles. The first kappa shape index (κ1) is 12.7. The van der Waals surface area contributed by atoms with Crippen LogP contribution >= 0.6 is 0 Å². The van der Waals surface area contributed by atoms with Gasteiger partial charge in [-0.05, 0) is 43.5 Å². The van der Waals surface area contributed by atoms with Crippen molar-refractivity contribution in [1.29, 1.82) is 0 Å². The molecule has 5 heteroatoms. The number of nitrogens with zero attached hydrogens (tertiary/aromatic N) is 2. The summed E-state index contributed by atoms with van der Waals surface area (Å²) in [5, 5.41) is 20.8. The fourth-order valence-electron chi connectivity index (χ4n) is 2.19. The SMILES string of the molecule is Cc1cc(/C(N)=N/O)ccc1N(CCO)C1CC1. The molecule has 1 aromatic rings. The average Bonchev–Trinajstić information content (AvgIpc) is 3.19. The number of aliphatic hydroxyl groups is 1. The molecule has 98 valence electrons. The van der Waals surface area contributed by atoms with Crippen molar-refractivity contribution >= 4 is 11.5 Å². The molecule has 0 bridgehead atoms. The van der Waals surface area contributed by atoms with Crippen molar-refractivity contribution in [3.05, 3.63) is 29.3 Å². The van der Waals surface area contributed by atoms with Crippen LogP contribution in [0.3, 0.4) is 0 Å². The quantitative estimate of drug-likeness (QED) is 0.315. The number of aryl methyl sites for hydroxylation is 1. The Bertz CT molecular complexity index is 456. The van der Waals surface area contributed by atoms with Gasteiger partial charge in [0.1, 0.15) is 0 Å². The molecule has 0 aliphatic heterocycles. The van der Waals surface area contributed by atoms with Gasteiger partial charge in [-0.15, -0.1) is 0 Å². The number of nitrogens with two attached hydrogens (primary N) is 1. The van der Waals surface area contributed by atoms with Crippen molar-refractivity contribution in [3.8, 4) is 0 Å². The van der Waals surface area contributed by atoms with Crippen LogP contribution in [0.1, 0.15) is 24.0 Å². The predicted molar refractivity (Wildman–Crippen MR) is 71.1 cm³/mol. The third-order valence-electron chi connectivity index (χ3n) is 3.24. The number of hydrogen-bond acceptors (Lipinski definition) is 4. The minimum absolute atomic E-state index is 0.116. The Balaban J connectivity index is 2.27. The van der Waals surface area contributed by atoms with Gasteiger partial charge in [0.2, 0.25) is 0 Å². The highest BCUT2D eigenvalue weighted by molar-refractivity contribution is 5.97. The first-order chi connectivity index (χ1) is 8.67. The van der Waals surface area contributed by atoms with Crippen molar-refractivity contribution in [2.24, 2.45) is 10.9 Å². The lowest BCUT2D eigenvalue weighted by molar-refractivity contribution is 0.301. The summed E-state index contributed by atoms with van der Waals surface area (Å²) in [6, 6.07) is 6.25. The monoisotopic (exact) mass is 249 g/mol. The van der Waals surface area contributed by atoms with E-state index in [0.717, 1.165) is 11.3 Å². The Kier molecular flexibility index (Phi) is 3.72. The predicted octanol–water partition coefficient (Wildman–Crippen LogP) is 1.05. The largest absolute Gasteiger partial charge is 0.409 e. The summed E-state index contributed by atoms with van der Waals surface area (Å²) in [5.74, 6) is 0.116. The average molecular weight is 249 g/mol. The molecule has 0 spiro atoms. The van der Waals surface area contributed by atoms with Crippen LogP contribution in [-0.4, -0.2) is 35.3 Å². The van der Waals surface area contributed by atoms with Crippen molar-refractivity contribution in [2.75, 3.05) is 18.1 Å².